The molecule has 0 aliphatic heterocycles. The molecule has 3 atom stereocenters. The Morgan fingerprint density at radius 3 is 2.50 bits per heavy atom. The highest BCUT2D eigenvalue weighted by atomic mass is 16.4. The fraction of sp³-hybridized carbons (Fsp3) is 0.391. The minimum atomic E-state index is -1.20. The van der Waals surface area contributed by atoms with Crippen molar-refractivity contribution < 1.29 is 19.5 Å². The van der Waals surface area contributed by atoms with E-state index in [1.807, 2.05) is 24.3 Å². The van der Waals surface area contributed by atoms with Crippen LogP contribution in [0.15, 0.2) is 43.0 Å². The summed E-state index contributed by atoms with van der Waals surface area (Å²) >= 11 is 0. The number of carboxylic acid groups (broad SMARTS) is 1. The van der Waals surface area contributed by atoms with Crippen LogP contribution in [0, 0.1) is 0 Å². The number of carbonyl (C=O) groups is 3. The van der Waals surface area contributed by atoms with Gasteiger partial charge in [-0.05, 0) is 31.0 Å². The average molecular weight is 470 g/mol. The number of benzene rings is 1. The van der Waals surface area contributed by atoms with Gasteiger partial charge in [-0.15, -0.1) is 0 Å². The van der Waals surface area contributed by atoms with Gasteiger partial charge < -0.3 is 37.2 Å². The number of hydrogen-bond donors (Lipinski definition) is 7. The number of nitrogens with one attached hydrogen (secondary N) is 4. The molecule has 0 saturated carbocycles. The second-order valence-corrected chi connectivity index (χ2v) is 8.20. The van der Waals surface area contributed by atoms with Gasteiger partial charge >= 0.3 is 5.97 Å². The predicted molar refractivity (Wildman–Crippen MR) is 127 cm³/mol. The Morgan fingerprint density at radius 1 is 1.03 bits per heavy atom. The Hall–Kier alpha value is -3.70. The van der Waals surface area contributed by atoms with E-state index in [1.165, 1.54) is 12.5 Å². The van der Waals surface area contributed by atoms with Gasteiger partial charge in [-0.3, -0.25) is 9.59 Å². The molecule has 0 aliphatic carbocycles. The number of carboxylic acids is 1. The Balaban J connectivity index is 1.77. The van der Waals surface area contributed by atoms with Crippen LogP contribution in [0.2, 0.25) is 0 Å². The van der Waals surface area contributed by atoms with Crippen LogP contribution in [0.25, 0.3) is 10.9 Å². The molecular weight excluding hydrogens is 438 g/mol. The van der Waals surface area contributed by atoms with Gasteiger partial charge in [0.2, 0.25) is 11.8 Å². The van der Waals surface area contributed by atoms with E-state index in [1.54, 1.807) is 6.20 Å². The van der Waals surface area contributed by atoms with Gasteiger partial charge in [0.15, 0.2) is 0 Å². The number of nitrogens with zero attached hydrogens (tertiary/aromatic N) is 1. The molecule has 3 aromatic rings. The Kier molecular flexibility index (Phi) is 8.77. The monoisotopic (exact) mass is 469 g/mol. The second-order valence-electron chi connectivity index (χ2n) is 8.20. The SMILES string of the molecule is NCCCCC(N)C(=O)NC(Cc1c[nH]c2ccccc12)C(=O)NC(Cc1cnc[nH]1)C(=O)O. The molecule has 1 aromatic carbocycles. The molecule has 11 nitrogen and oxygen atoms in total. The normalized spacial score (nSPS) is 13.8. The number of aliphatic carboxylic acids is 1. The predicted octanol–water partition coefficient (Wildman–Crippen LogP) is 0.187. The van der Waals surface area contributed by atoms with E-state index in [-0.39, 0.29) is 12.8 Å². The van der Waals surface area contributed by atoms with Gasteiger partial charge in [-0.25, -0.2) is 9.78 Å². The minimum absolute atomic E-state index is 0.0213. The molecule has 0 spiro atoms. The van der Waals surface area contributed by atoms with Crippen LogP contribution in [-0.2, 0) is 27.2 Å². The summed E-state index contributed by atoms with van der Waals surface area (Å²) in [7, 11) is 0. The van der Waals surface area contributed by atoms with Crippen LogP contribution < -0.4 is 22.1 Å². The highest BCUT2D eigenvalue weighted by molar-refractivity contribution is 5.93. The molecule has 9 N–H and O–H groups in total. The second kappa shape index (κ2) is 12.0. The lowest BCUT2D eigenvalue weighted by Crippen LogP contribution is -2.55. The largest absolute Gasteiger partial charge is 0.480 e. The van der Waals surface area contributed by atoms with E-state index in [0.717, 1.165) is 22.9 Å². The maximum absolute atomic E-state index is 13.2. The Labute approximate surface area is 196 Å². The highest BCUT2D eigenvalue weighted by Crippen LogP contribution is 2.19. The zero-order valence-corrected chi connectivity index (χ0v) is 18.8. The zero-order valence-electron chi connectivity index (χ0n) is 18.8. The minimum Gasteiger partial charge on any atom is -0.480 e. The molecule has 3 rings (SSSR count). The van der Waals surface area contributed by atoms with E-state index in [2.05, 4.69) is 25.6 Å². The van der Waals surface area contributed by atoms with Crippen molar-refractivity contribution in [3.8, 4) is 0 Å². The summed E-state index contributed by atoms with van der Waals surface area (Å²) in [5, 5.41) is 15.8. The number of para-hydroxylation sites is 1. The van der Waals surface area contributed by atoms with Gasteiger partial charge in [0.25, 0.3) is 0 Å². The summed E-state index contributed by atoms with van der Waals surface area (Å²) < 4.78 is 0. The van der Waals surface area contributed by atoms with Crippen LogP contribution in [0.3, 0.4) is 0 Å². The van der Waals surface area contributed by atoms with E-state index in [4.69, 9.17) is 11.5 Å². The van der Waals surface area contributed by atoms with Gasteiger partial charge in [0.05, 0.1) is 12.4 Å². The molecule has 11 heteroatoms. The van der Waals surface area contributed by atoms with Crippen LogP contribution >= 0.6 is 0 Å². The van der Waals surface area contributed by atoms with Gasteiger partial charge in [-0.1, -0.05) is 24.6 Å². The summed E-state index contributed by atoms with van der Waals surface area (Å²) in [6.07, 6.45) is 6.75. The van der Waals surface area contributed by atoms with E-state index in [9.17, 15) is 19.5 Å². The molecule has 2 heterocycles. The van der Waals surface area contributed by atoms with Crippen LogP contribution in [-0.4, -0.2) is 62.5 Å². The lowest BCUT2D eigenvalue weighted by atomic mass is 10.0. The number of aromatic amines is 2. The van der Waals surface area contributed by atoms with Crippen molar-refractivity contribution in [2.24, 2.45) is 11.5 Å². The number of H-pyrrole nitrogens is 2. The molecule has 0 bridgehead atoms. The third kappa shape index (κ3) is 6.65. The van der Waals surface area contributed by atoms with Crippen LogP contribution in [0.4, 0.5) is 0 Å². The average Bonchev–Trinajstić information content (AvgIpc) is 3.48. The fourth-order valence-corrected chi connectivity index (χ4v) is 3.74. The Bertz CT molecular complexity index is 1100. The molecular formula is C23H31N7O4. The summed E-state index contributed by atoms with van der Waals surface area (Å²) in [4.78, 5) is 47.5. The lowest BCUT2D eigenvalue weighted by Gasteiger charge is -2.23. The first-order valence-electron chi connectivity index (χ1n) is 11.2. The maximum Gasteiger partial charge on any atom is 0.326 e. The third-order valence-corrected chi connectivity index (χ3v) is 5.63. The number of imidazole rings is 1. The van der Waals surface area contributed by atoms with E-state index >= 15 is 0 Å². The maximum atomic E-state index is 13.2. The summed E-state index contributed by atoms with van der Waals surface area (Å²) in [5.41, 5.74) is 13.8. The van der Waals surface area contributed by atoms with E-state index in [0.29, 0.717) is 25.1 Å². The van der Waals surface area contributed by atoms with Crippen molar-refractivity contribution in [1.29, 1.82) is 0 Å². The molecule has 2 aromatic heterocycles. The number of hydrogen-bond acceptors (Lipinski definition) is 6. The smallest absolute Gasteiger partial charge is 0.326 e. The molecule has 2 amide bonds. The van der Waals surface area contributed by atoms with E-state index < -0.39 is 35.9 Å². The van der Waals surface area contributed by atoms with Gasteiger partial charge in [-0.2, -0.15) is 0 Å². The van der Waals surface area contributed by atoms with Crippen molar-refractivity contribution in [1.82, 2.24) is 25.6 Å². The fourth-order valence-electron chi connectivity index (χ4n) is 3.74. The number of amides is 2. The van der Waals surface area contributed by atoms with Gasteiger partial charge in [0, 0.05) is 41.8 Å². The standard InChI is InChI=1S/C23H31N7O4/c24-8-4-3-6-17(25)21(31)29-19(9-14-11-27-18-7-2-1-5-16(14)18)22(32)30-20(23(33)34)10-15-12-26-13-28-15/h1-2,5,7,11-13,17,19-20,27H,3-4,6,8-10,24-25H2,(H,26,28)(H,29,31)(H,30,32)(H,33,34). The number of carbonyl (C=O) groups excluding carboxylic acids is 2. The molecule has 182 valence electrons. The third-order valence-electron chi connectivity index (χ3n) is 5.63. The first-order chi connectivity index (χ1) is 16.4. The molecule has 0 aliphatic rings. The topological polar surface area (TPSA) is 192 Å². The van der Waals surface area contributed by atoms with Crippen molar-refractivity contribution in [2.75, 3.05) is 6.54 Å². The van der Waals surface area contributed by atoms with Crippen molar-refractivity contribution >= 4 is 28.7 Å². The molecule has 0 radical (unpaired) electrons. The van der Waals surface area contributed by atoms with Crippen LogP contribution in [0.1, 0.15) is 30.5 Å². The quantitative estimate of drug-likeness (QED) is 0.174. The van der Waals surface area contributed by atoms with Crippen molar-refractivity contribution in [2.45, 2.75) is 50.2 Å². The first kappa shape index (κ1) is 24.9. The number of unbranched alkanes of at least 4 members (excludes halogenated alkanes) is 1. The number of rotatable bonds is 13. The summed E-state index contributed by atoms with van der Waals surface area (Å²) in [6, 6.07) is 4.57. The first-order valence-corrected chi connectivity index (χ1v) is 11.2. The number of fused-ring (bicyclic) bond motifs is 1. The highest BCUT2D eigenvalue weighted by Gasteiger charge is 2.29. The number of aromatic nitrogens is 3. The summed E-state index contributed by atoms with van der Waals surface area (Å²) in [6.45, 7) is 0.507. The van der Waals surface area contributed by atoms with Crippen molar-refractivity contribution in [3.05, 3.63) is 54.2 Å². The van der Waals surface area contributed by atoms with Gasteiger partial charge in [0.1, 0.15) is 12.1 Å². The summed E-state index contributed by atoms with van der Waals surface area (Å²) in [5.74, 6) is -2.28. The number of nitrogens with two attached hydrogens (primary N) is 2. The Morgan fingerprint density at radius 2 is 1.79 bits per heavy atom. The molecule has 3 unspecified atom stereocenters. The zero-order chi connectivity index (χ0) is 24.5. The lowest BCUT2D eigenvalue weighted by molar-refractivity contribution is -0.142. The van der Waals surface area contributed by atoms with Crippen molar-refractivity contribution in [3.63, 3.8) is 0 Å². The van der Waals surface area contributed by atoms with Crippen LogP contribution in [0.5, 0.6) is 0 Å². The molecule has 0 saturated heterocycles. The molecule has 0 fully saturated rings. The molecule has 34 heavy (non-hydrogen) atoms.